The Balaban J connectivity index is 1.57. The first-order valence-electron chi connectivity index (χ1n) is 9.83. The molecule has 0 aliphatic carbocycles. The van der Waals surface area contributed by atoms with E-state index in [2.05, 4.69) is 25.3 Å². The molecule has 3 rings (SSSR count). The largest absolute Gasteiger partial charge is 0.497 e. The van der Waals surface area contributed by atoms with E-state index < -0.39 is 10.0 Å². The SMILES string of the molecule is COc1ccc(CC(=O)NC(=S)Nc2ccc(S(=O)(=O)Nc3nc(C)cc(C)n3)cc2)cc1. The molecule has 172 valence electrons. The van der Waals surface area contributed by atoms with Crippen molar-refractivity contribution in [3.8, 4) is 5.75 Å². The zero-order valence-corrected chi connectivity index (χ0v) is 19.9. The number of hydrogen-bond donors (Lipinski definition) is 3. The summed E-state index contributed by atoms with van der Waals surface area (Å²) in [6, 6.07) is 14.8. The van der Waals surface area contributed by atoms with E-state index in [1.54, 1.807) is 63.4 Å². The molecule has 3 N–H and O–H groups in total. The number of methoxy groups -OCH3 is 1. The molecule has 0 aliphatic heterocycles. The number of carbonyl (C=O) groups excluding carboxylic acids is 1. The van der Waals surface area contributed by atoms with E-state index in [1.165, 1.54) is 12.1 Å². The summed E-state index contributed by atoms with van der Waals surface area (Å²) >= 11 is 5.18. The number of hydrogen-bond acceptors (Lipinski definition) is 7. The van der Waals surface area contributed by atoms with Crippen molar-refractivity contribution in [3.05, 3.63) is 71.5 Å². The average molecular weight is 486 g/mol. The third-order valence-electron chi connectivity index (χ3n) is 4.41. The lowest BCUT2D eigenvalue weighted by molar-refractivity contribution is -0.119. The van der Waals surface area contributed by atoms with Crippen molar-refractivity contribution >= 4 is 44.9 Å². The second-order valence-corrected chi connectivity index (χ2v) is 9.22. The molecular weight excluding hydrogens is 462 g/mol. The van der Waals surface area contributed by atoms with Gasteiger partial charge in [-0.15, -0.1) is 0 Å². The average Bonchev–Trinajstić information content (AvgIpc) is 2.73. The lowest BCUT2D eigenvalue weighted by atomic mass is 10.1. The van der Waals surface area contributed by atoms with E-state index in [1.807, 2.05) is 0 Å². The monoisotopic (exact) mass is 485 g/mol. The first-order valence-corrected chi connectivity index (χ1v) is 11.7. The number of aromatic nitrogens is 2. The van der Waals surface area contributed by atoms with Crippen molar-refractivity contribution in [1.82, 2.24) is 15.3 Å². The van der Waals surface area contributed by atoms with E-state index in [0.29, 0.717) is 22.8 Å². The van der Waals surface area contributed by atoms with Crippen molar-refractivity contribution in [3.63, 3.8) is 0 Å². The molecule has 11 heteroatoms. The fourth-order valence-corrected chi connectivity index (χ4v) is 4.11. The summed E-state index contributed by atoms with van der Waals surface area (Å²) in [5, 5.41) is 5.56. The van der Waals surface area contributed by atoms with Crippen LogP contribution in [-0.4, -0.2) is 36.5 Å². The summed E-state index contributed by atoms with van der Waals surface area (Å²) in [6.45, 7) is 3.51. The summed E-state index contributed by atoms with van der Waals surface area (Å²) < 4.78 is 32.7. The van der Waals surface area contributed by atoms with Crippen LogP contribution in [0, 0.1) is 13.8 Å². The highest BCUT2D eigenvalue weighted by Gasteiger charge is 2.16. The maximum Gasteiger partial charge on any atom is 0.264 e. The number of carbonyl (C=O) groups is 1. The number of rotatable bonds is 7. The highest BCUT2D eigenvalue weighted by molar-refractivity contribution is 7.92. The number of thiocarbonyl (C=S) groups is 1. The summed E-state index contributed by atoms with van der Waals surface area (Å²) in [4.78, 5) is 20.4. The quantitative estimate of drug-likeness (QED) is 0.437. The Morgan fingerprint density at radius 1 is 1.00 bits per heavy atom. The van der Waals surface area contributed by atoms with E-state index in [4.69, 9.17) is 17.0 Å². The Labute approximate surface area is 197 Å². The van der Waals surface area contributed by atoms with Crippen molar-refractivity contribution < 1.29 is 17.9 Å². The van der Waals surface area contributed by atoms with Gasteiger partial charge in [0, 0.05) is 17.1 Å². The summed E-state index contributed by atoms with van der Waals surface area (Å²) in [7, 11) is -2.29. The smallest absolute Gasteiger partial charge is 0.264 e. The second-order valence-electron chi connectivity index (χ2n) is 7.13. The number of nitrogens with one attached hydrogen (secondary N) is 3. The van der Waals surface area contributed by atoms with Crippen LogP contribution in [0.3, 0.4) is 0 Å². The topological polar surface area (TPSA) is 122 Å². The van der Waals surface area contributed by atoms with E-state index in [-0.39, 0.29) is 28.3 Å². The van der Waals surface area contributed by atoms with Gasteiger partial charge in [-0.05, 0) is 74.1 Å². The fourth-order valence-electron chi connectivity index (χ4n) is 2.93. The van der Waals surface area contributed by atoms with Crippen molar-refractivity contribution in [2.45, 2.75) is 25.2 Å². The first kappa shape index (κ1) is 24.1. The Bertz CT molecular complexity index is 1240. The molecule has 0 saturated heterocycles. The van der Waals surface area contributed by atoms with E-state index in [0.717, 1.165) is 5.56 Å². The van der Waals surface area contributed by atoms with Crippen molar-refractivity contribution in [2.75, 3.05) is 17.1 Å². The van der Waals surface area contributed by atoms with Crippen molar-refractivity contribution in [1.29, 1.82) is 0 Å². The zero-order valence-electron chi connectivity index (χ0n) is 18.2. The number of sulfonamides is 1. The summed E-state index contributed by atoms with van der Waals surface area (Å²) in [5.41, 5.74) is 2.64. The van der Waals surface area contributed by atoms with E-state index in [9.17, 15) is 13.2 Å². The molecule has 0 fully saturated rings. The molecule has 0 radical (unpaired) electrons. The molecule has 0 atom stereocenters. The maximum atomic E-state index is 12.6. The molecule has 1 amide bonds. The number of anilines is 2. The van der Waals surface area contributed by atoms with Gasteiger partial charge in [-0.2, -0.15) is 0 Å². The van der Waals surface area contributed by atoms with Gasteiger partial charge in [0.25, 0.3) is 10.0 Å². The van der Waals surface area contributed by atoms with Crippen LogP contribution in [0.2, 0.25) is 0 Å². The predicted molar refractivity (Wildman–Crippen MR) is 130 cm³/mol. The summed E-state index contributed by atoms with van der Waals surface area (Å²) in [6.07, 6.45) is 0.148. The standard InChI is InChI=1S/C22H23N5O4S2/c1-14-12-15(2)24-21(23-14)27-33(29,30)19-10-6-17(7-11-19)25-22(32)26-20(28)13-16-4-8-18(31-3)9-5-16/h4-12H,13H2,1-3H3,(H,23,24,27)(H2,25,26,28,32). The van der Waals surface area contributed by atoms with E-state index >= 15 is 0 Å². The Kier molecular flexibility index (Phi) is 7.56. The van der Waals surface area contributed by atoms with Gasteiger partial charge in [-0.25, -0.2) is 23.1 Å². The highest BCUT2D eigenvalue weighted by atomic mass is 32.2. The van der Waals surface area contributed by atoms with Crippen LogP contribution in [-0.2, 0) is 21.2 Å². The Hall–Kier alpha value is -3.57. The van der Waals surface area contributed by atoms with Crippen LogP contribution >= 0.6 is 12.2 Å². The molecule has 9 nitrogen and oxygen atoms in total. The molecule has 1 heterocycles. The first-order chi connectivity index (χ1) is 15.6. The molecular formula is C22H23N5O4S2. The van der Waals surface area contributed by atoms with Crippen LogP contribution in [0.15, 0.2) is 59.5 Å². The van der Waals surface area contributed by atoms with Gasteiger partial charge in [-0.3, -0.25) is 4.79 Å². The van der Waals surface area contributed by atoms with Crippen LogP contribution in [0.4, 0.5) is 11.6 Å². The number of nitrogens with zero attached hydrogens (tertiary/aromatic N) is 2. The van der Waals surface area contributed by atoms with Gasteiger partial charge in [0.05, 0.1) is 18.4 Å². The van der Waals surface area contributed by atoms with Gasteiger partial charge >= 0.3 is 0 Å². The zero-order chi connectivity index (χ0) is 24.0. The molecule has 2 aromatic carbocycles. The van der Waals surface area contributed by atoms with Crippen LogP contribution in [0.1, 0.15) is 17.0 Å². The van der Waals surface area contributed by atoms with Crippen LogP contribution in [0.25, 0.3) is 0 Å². The van der Waals surface area contributed by atoms with Gasteiger partial charge in [0.15, 0.2) is 5.11 Å². The Morgan fingerprint density at radius 2 is 1.61 bits per heavy atom. The molecule has 0 unspecified atom stereocenters. The minimum absolute atomic E-state index is 0.00968. The van der Waals surface area contributed by atoms with Crippen molar-refractivity contribution in [2.24, 2.45) is 0 Å². The molecule has 0 bridgehead atoms. The van der Waals surface area contributed by atoms with Crippen LogP contribution < -0.4 is 20.1 Å². The van der Waals surface area contributed by atoms with Gasteiger partial charge < -0.3 is 15.4 Å². The lowest BCUT2D eigenvalue weighted by Gasteiger charge is -2.11. The predicted octanol–water partition coefficient (Wildman–Crippen LogP) is 2.96. The van der Waals surface area contributed by atoms with Gasteiger partial charge in [-0.1, -0.05) is 12.1 Å². The van der Waals surface area contributed by atoms with Gasteiger partial charge in [0.2, 0.25) is 11.9 Å². The molecule has 33 heavy (non-hydrogen) atoms. The molecule has 0 spiro atoms. The number of benzene rings is 2. The third-order valence-corrected chi connectivity index (χ3v) is 5.96. The fraction of sp³-hybridized carbons (Fsp3) is 0.182. The van der Waals surface area contributed by atoms with Gasteiger partial charge in [0.1, 0.15) is 5.75 Å². The third kappa shape index (κ3) is 6.96. The normalized spacial score (nSPS) is 10.9. The molecule has 1 aromatic heterocycles. The number of aryl methyl sites for hydroxylation is 2. The maximum absolute atomic E-state index is 12.6. The Morgan fingerprint density at radius 3 is 2.18 bits per heavy atom. The highest BCUT2D eigenvalue weighted by Crippen LogP contribution is 2.17. The number of ether oxygens (including phenoxy) is 1. The molecule has 0 aliphatic rings. The lowest BCUT2D eigenvalue weighted by Crippen LogP contribution is -2.35. The number of amides is 1. The second kappa shape index (κ2) is 10.4. The molecule has 3 aromatic rings. The molecule has 0 saturated carbocycles. The van der Waals surface area contributed by atoms with Crippen LogP contribution in [0.5, 0.6) is 5.75 Å². The summed E-state index contributed by atoms with van der Waals surface area (Å²) in [5.74, 6) is 0.434. The minimum atomic E-state index is -3.87. The minimum Gasteiger partial charge on any atom is -0.497 e.